The summed E-state index contributed by atoms with van der Waals surface area (Å²) in [5.74, 6) is -0.711. The van der Waals surface area contributed by atoms with Crippen LogP contribution >= 0.6 is 0 Å². The number of rotatable bonds is 4. The van der Waals surface area contributed by atoms with Crippen LogP contribution in [0.1, 0.15) is 25.8 Å². The van der Waals surface area contributed by atoms with Crippen LogP contribution in [-0.4, -0.2) is 23.5 Å². The first-order valence-corrected chi connectivity index (χ1v) is 5.34. The van der Waals surface area contributed by atoms with Crippen LogP contribution in [0, 0.1) is 11.3 Å². The molecule has 0 atom stereocenters. The highest BCUT2D eigenvalue weighted by molar-refractivity contribution is 5.93. The molecule has 0 spiro atoms. The van der Waals surface area contributed by atoms with Crippen molar-refractivity contribution in [3.63, 3.8) is 0 Å². The Morgan fingerprint density at radius 3 is 2.39 bits per heavy atom. The molecule has 18 heavy (non-hydrogen) atoms. The summed E-state index contributed by atoms with van der Waals surface area (Å²) in [5, 5.41) is 16.5. The molecule has 0 fully saturated rings. The van der Waals surface area contributed by atoms with Crippen LogP contribution in [-0.2, 0) is 9.59 Å². The molecule has 0 saturated carbocycles. The molecule has 0 aliphatic heterocycles. The molecule has 1 aromatic rings. The quantitative estimate of drug-likeness (QED) is 0.824. The molecule has 1 aromatic carbocycles. The first-order valence-electron chi connectivity index (χ1n) is 5.34. The summed E-state index contributed by atoms with van der Waals surface area (Å²) in [7, 11) is 0. The third-order valence-corrected chi connectivity index (χ3v) is 1.71. The molecule has 5 heteroatoms. The van der Waals surface area contributed by atoms with E-state index in [1.807, 2.05) is 19.1 Å². The number of ketones is 1. The minimum absolute atomic E-state index is 0.312. The summed E-state index contributed by atoms with van der Waals surface area (Å²) in [4.78, 5) is 19.5. The number of para-hydroxylation sites is 1. The lowest BCUT2D eigenvalue weighted by atomic mass is 10.2. The maximum Gasteiger partial charge on any atom is 0.310 e. The van der Waals surface area contributed by atoms with Gasteiger partial charge >= 0.3 is 5.97 Å². The zero-order chi connectivity index (χ0) is 14.0. The fourth-order valence-corrected chi connectivity index (χ4v) is 1.05. The van der Waals surface area contributed by atoms with Crippen LogP contribution in [0.4, 0.5) is 0 Å². The highest BCUT2D eigenvalue weighted by Gasteiger charge is 1.98. The Hall–Kier alpha value is -2.35. The summed E-state index contributed by atoms with van der Waals surface area (Å²) < 4.78 is 5.21. The Balaban J connectivity index is 0.000000360. The Bertz CT molecular complexity index is 437. The van der Waals surface area contributed by atoms with Crippen LogP contribution in [0.3, 0.4) is 0 Å². The maximum atomic E-state index is 9.87. The summed E-state index contributed by atoms with van der Waals surface area (Å²) in [6.07, 6.45) is -0.361. The number of hydrogen-bond donors (Lipinski definition) is 1. The number of aliphatic carboxylic acids is 1. The highest BCUT2D eigenvalue weighted by atomic mass is 16.5. The molecule has 0 aromatic heterocycles. The van der Waals surface area contributed by atoms with Gasteiger partial charge in [0.1, 0.15) is 24.0 Å². The third-order valence-electron chi connectivity index (χ3n) is 1.71. The van der Waals surface area contributed by atoms with Gasteiger partial charge < -0.3 is 9.84 Å². The zero-order valence-corrected chi connectivity index (χ0v) is 10.3. The predicted molar refractivity (Wildman–Crippen MR) is 65.3 cm³/mol. The van der Waals surface area contributed by atoms with Crippen LogP contribution in [0.15, 0.2) is 24.3 Å². The van der Waals surface area contributed by atoms with E-state index in [4.69, 9.17) is 15.1 Å². The Morgan fingerprint density at radius 2 is 2.00 bits per heavy atom. The van der Waals surface area contributed by atoms with Gasteiger partial charge in [0.2, 0.25) is 0 Å². The number of carbonyl (C=O) groups is 2. The Labute approximate surface area is 106 Å². The third kappa shape index (κ3) is 7.01. The van der Waals surface area contributed by atoms with Gasteiger partial charge in [0, 0.05) is 0 Å². The fraction of sp³-hybridized carbons (Fsp3) is 0.308. The largest absolute Gasteiger partial charge is 0.492 e. The molecule has 0 aliphatic rings. The van der Waals surface area contributed by atoms with Crippen molar-refractivity contribution < 1.29 is 19.4 Å². The molecule has 0 heterocycles. The average Bonchev–Trinajstić information content (AvgIpc) is 2.29. The van der Waals surface area contributed by atoms with Gasteiger partial charge in [0.05, 0.1) is 12.2 Å². The van der Waals surface area contributed by atoms with Gasteiger partial charge in [-0.05, 0) is 26.0 Å². The molecule has 0 saturated heterocycles. The van der Waals surface area contributed by atoms with E-state index in [1.54, 1.807) is 12.1 Å². The van der Waals surface area contributed by atoms with E-state index < -0.39 is 5.97 Å². The lowest BCUT2D eigenvalue weighted by Crippen LogP contribution is -2.00. The number of carboxylic acid groups (broad SMARTS) is 1. The van der Waals surface area contributed by atoms with Crippen molar-refractivity contribution in [2.45, 2.75) is 20.3 Å². The fourth-order valence-electron chi connectivity index (χ4n) is 1.05. The van der Waals surface area contributed by atoms with E-state index in [0.29, 0.717) is 17.9 Å². The molecular formula is C13H15NO4. The number of ether oxygens (including phenoxy) is 1. The van der Waals surface area contributed by atoms with Gasteiger partial charge in [-0.1, -0.05) is 12.1 Å². The predicted octanol–water partition coefficient (Wildman–Crippen LogP) is 2.01. The second kappa shape index (κ2) is 8.76. The zero-order valence-electron chi connectivity index (χ0n) is 10.3. The van der Waals surface area contributed by atoms with Crippen molar-refractivity contribution in [3.8, 4) is 11.8 Å². The number of nitrogens with zero attached hydrogens (tertiary/aromatic N) is 1. The molecule has 0 amide bonds. The normalized spacial score (nSPS) is 8.50. The highest BCUT2D eigenvalue weighted by Crippen LogP contribution is 2.15. The lowest BCUT2D eigenvalue weighted by Gasteiger charge is -2.02. The summed E-state index contributed by atoms with van der Waals surface area (Å²) in [6, 6.07) is 9.26. The summed E-state index contributed by atoms with van der Waals surface area (Å²) >= 11 is 0. The van der Waals surface area contributed by atoms with Crippen molar-refractivity contribution in [2.24, 2.45) is 0 Å². The van der Waals surface area contributed by atoms with Crippen molar-refractivity contribution in [3.05, 3.63) is 29.8 Å². The monoisotopic (exact) mass is 249 g/mol. The minimum atomic E-state index is -1.06. The van der Waals surface area contributed by atoms with Gasteiger partial charge in [-0.3, -0.25) is 9.59 Å². The molecule has 1 rings (SSSR count). The topological polar surface area (TPSA) is 87.4 Å². The minimum Gasteiger partial charge on any atom is -0.492 e. The summed E-state index contributed by atoms with van der Waals surface area (Å²) in [6.45, 7) is 3.74. The second-order valence-corrected chi connectivity index (χ2v) is 3.31. The van der Waals surface area contributed by atoms with Gasteiger partial charge in [0.25, 0.3) is 0 Å². The maximum absolute atomic E-state index is 9.87. The number of carbonyl (C=O) groups excluding carboxylic acids is 1. The van der Waals surface area contributed by atoms with Gasteiger partial charge in [-0.2, -0.15) is 5.26 Å². The Kier molecular flexibility index (Phi) is 7.62. The van der Waals surface area contributed by atoms with Gasteiger partial charge in [-0.25, -0.2) is 0 Å². The number of nitriles is 1. The van der Waals surface area contributed by atoms with E-state index in [1.165, 1.54) is 6.92 Å². The van der Waals surface area contributed by atoms with E-state index in [9.17, 15) is 9.59 Å². The number of hydrogen-bond acceptors (Lipinski definition) is 4. The van der Waals surface area contributed by atoms with Crippen LogP contribution in [0.25, 0.3) is 0 Å². The Morgan fingerprint density at radius 1 is 1.39 bits per heavy atom. The van der Waals surface area contributed by atoms with Gasteiger partial charge in [0.15, 0.2) is 0 Å². The molecule has 0 unspecified atom stereocenters. The number of carboxylic acids is 1. The summed E-state index contributed by atoms with van der Waals surface area (Å²) in [5.41, 5.74) is 0.592. The average molecular weight is 249 g/mol. The molecular weight excluding hydrogens is 234 g/mol. The van der Waals surface area contributed by atoms with Gasteiger partial charge in [-0.15, -0.1) is 0 Å². The first kappa shape index (κ1) is 15.7. The first-order chi connectivity index (χ1) is 8.51. The molecule has 0 aliphatic carbocycles. The molecule has 1 N–H and O–H groups in total. The van der Waals surface area contributed by atoms with Crippen molar-refractivity contribution in [1.29, 1.82) is 5.26 Å². The molecule has 5 nitrogen and oxygen atoms in total. The second-order valence-electron chi connectivity index (χ2n) is 3.31. The van der Waals surface area contributed by atoms with E-state index >= 15 is 0 Å². The smallest absolute Gasteiger partial charge is 0.310 e. The number of Topliss-reactive ketones (excluding diaryl/α,β-unsaturated/α-hetero) is 1. The van der Waals surface area contributed by atoms with E-state index in [-0.39, 0.29) is 12.2 Å². The molecule has 0 bridgehead atoms. The van der Waals surface area contributed by atoms with Crippen LogP contribution < -0.4 is 4.74 Å². The van der Waals surface area contributed by atoms with Crippen LogP contribution in [0.5, 0.6) is 5.75 Å². The van der Waals surface area contributed by atoms with Crippen LogP contribution in [0.2, 0.25) is 0 Å². The standard InChI is InChI=1S/C9H9NO.C4H6O3/c1-2-11-9-6-4-3-5-8(9)7-10;1-3(5)2-4(6)7/h3-6H,2H2,1H3;2H2,1H3,(H,6,7). The van der Waals surface area contributed by atoms with Crippen molar-refractivity contribution in [1.82, 2.24) is 0 Å². The van der Waals surface area contributed by atoms with Crippen molar-refractivity contribution >= 4 is 11.8 Å². The lowest BCUT2D eigenvalue weighted by molar-refractivity contribution is -0.139. The molecule has 96 valence electrons. The van der Waals surface area contributed by atoms with E-state index in [2.05, 4.69) is 6.07 Å². The van der Waals surface area contributed by atoms with E-state index in [0.717, 1.165) is 0 Å². The number of benzene rings is 1. The molecule has 0 radical (unpaired) electrons. The SMILES string of the molecule is CC(=O)CC(=O)O.CCOc1ccccc1C#N. The van der Waals surface area contributed by atoms with Crippen molar-refractivity contribution in [2.75, 3.05) is 6.61 Å².